The van der Waals surface area contributed by atoms with Gasteiger partial charge in [0.25, 0.3) is 0 Å². The average molecular weight is 228 g/mol. The zero-order valence-corrected chi connectivity index (χ0v) is 9.30. The van der Waals surface area contributed by atoms with Gasteiger partial charge in [0.2, 0.25) is 0 Å². The summed E-state index contributed by atoms with van der Waals surface area (Å²) in [5, 5.41) is 0. The Bertz CT molecular complexity index is 362. The van der Waals surface area contributed by atoms with E-state index in [0.717, 1.165) is 0 Å². The van der Waals surface area contributed by atoms with Crippen molar-refractivity contribution in [1.82, 2.24) is 0 Å². The fraction of sp³-hybridized carbons (Fsp3) is 0.500. The van der Waals surface area contributed by atoms with Crippen LogP contribution >= 0.6 is 0 Å². The molecule has 2 nitrogen and oxygen atoms in total. The van der Waals surface area contributed by atoms with Gasteiger partial charge in [-0.3, -0.25) is 0 Å². The molecule has 2 rings (SSSR count). The number of ether oxygens (including phenoxy) is 2. The molecule has 1 aliphatic rings. The summed E-state index contributed by atoms with van der Waals surface area (Å²) in [5.41, 5.74) is 0.417. The van der Waals surface area contributed by atoms with Gasteiger partial charge in [-0.2, -0.15) is 0 Å². The zero-order valence-electron chi connectivity index (χ0n) is 9.30. The Hall–Kier alpha value is -1.00. The number of hydrogen-bond donors (Lipinski definition) is 0. The van der Waals surface area contributed by atoms with Gasteiger partial charge in [0.15, 0.2) is 6.29 Å². The van der Waals surface area contributed by atoms with Crippen molar-refractivity contribution in [3.8, 4) is 0 Å². The quantitative estimate of drug-likeness (QED) is 0.735. The van der Waals surface area contributed by atoms with Crippen molar-refractivity contribution in [2.75, 3.05) is 13.2 Å². The molecule has 0 unspecified atom stereocenters. The Labute approximate surface area is 93.2 Å². The number of benzene rings is 1. The van der Waals surface area contributed by atoms with Crippen molar-refractivity contribution in [3.05, 3.63) is 34.9 Å². The van der Waals surface area contributed by atoms with Crippen molar-refractivity contribution < 1.29 is 18.3 Å². The topological polar surface area (TPSA) is 18.5 Å². The summed E-state index contributed by atoms with van der Waals surface area (Å²) in [5.74, 6) is -0.821. The molecule has 1 fully saturated rings. The second kappa shape index (κ2) is 4.47. The molecule has 0 amide bonds. The van der Waals surface area contributed by atoms with Gasteiger partial charge in [-0.15, -0.1) is 0 Å². The molecule has 0 spiro atoms. The normalized spacial score (nSPS) is 25.8. The van der Waals surface area contributed by atoms with Crippen molar-refractivity contribution >= 4 is 0 Å². The standard InChI is InChI=1S/C12H14F2O2/c1-7-5-15-12(16-6-7)9-3-10(13)8(2)11(14)4-9/h3-4,7,12H,5-6H2,1-2H3. The van der Waals surface area contributed by atoms with E-state index in [1.165, 1.54) is 19.1 Å². The van der Waals surface area contributed by atoms with Crippen molar-refractivity contribution in [2.45, 2.75) is 20.1 Å². The molecule has 0 radical (unpaired) electrons. The summed E-state index contributed by atoms with van der Waals surface area (Å²) in [6.07, 6.45) is -0.652. The second-order valence-corrected chi connectivity index (χ2v) is 4.21. The summed E-state index contributed by atoms with van der Waals surface area (Å²) >= 11 is 0. The van der Waals surface area contributed by atoms with Crippen LogP contribution in [0.1, 0.15) is 24.3 Å². The third-order valence-corrected chi connectivity index (χ3v) is 2.64. The maximum atomic E-state index is 13.3. The number of rotatable bonds is 1. The van der Waals surface area contributed by atoms with Crippen LogP contribution in [-0.2, 0) is 9.47 Å². The lowest BCUT2D eigenvalue weighted by atomic mass is 10.1. The molecule has 0 aliphatic carbocycles. The van der Waals surface area contributed by atoms with Crippen LogP contribution in [-0.4, -0.2) is 13.2 Å². The van der Waals surface area contributed by atoms with Crippen LogP contribution in [0.2, 0.25) is 0 Å². The Morgan fingerprint density at radius 1 is 1.12 bits per heavy atom. The van der Waals surface area contributed by atoms with Crippen molar-refractivity contribution in [2.24, 2.45) is 5.92 Å². The van der Waals surface area contributed by atoms with E-state index in [9.17, 15) is 8.78 Å². The van der Waals surface area contributed by atoms with Crippen LogP contribution in [0.3, 0.4) is 0 Å². The van der Waals surface area contributed by atoms with Crippen LogP contribution in [0.15, 0.2) is 12.1 Å². The molecule has 1 aromatic rings. The highest BCUT2D eigenvalue weighted by Crippen LogP contribution is 2.27. The largest absolute Gasteiger partial charge is 0.348 e. The van der Waals surface area contributed by atoms with E-state index in [-0.39, 0.29) is 5.56 Å². The molecule has 88 valence electrons. The average Bonchev–Trinajstić information content (AvgIpc) is 2.26. The molecule has 1 aromatic carbocycles. The molecule has 1 aliphatic heterocycles. The first-order chi connectivity index (χ1) is 7.58. The van der Waals surface area contributed by atoms with Gasteiger partial charge in [0, 0.05) is 17.0 Å². The molecule has 0 N–H and O–H groups in total. The predicted octanol–water partition coefficient (Wildman–Crippen LogP) is 2.95. The van der Waals surface area contributed by atoms with E-state index in [4.69, 9.17) is 9.47 Å². The molecule has 1 heterocycles. The van der Waals surface area contributed by atoms with E-state index in [0.29, 0.717) is 24.7 Å². The Morgan fingerprint density at radius 2 is 1.62 bits per heavy atom. The van der Waals surface area contributed by atoms with E-state index in [1.807, 2.05) is 6.92 Å². The zero-order chi connectivity index (χ0) is 11.7. The summed E-state index contributed by atoms with van der Waals surface area (Å²) in [4.78, 5) is 0. The van der Waals surface area contributed by atoms with Crippen LogP contribution in [0.5, 0.6) is 0 Å². The first-order valence-electron chi connectivity index (χ1n) is 5.26. The summed E-state index contributed by atoms with van der Waals surface area (Å²) in [6.45, 7) is 4.48. The van der Waals surface area contributed by atoms with Crippen molar-refractivity contribution in [3.63, 3.8) is 0 Å². The van der Waals surface area contributed by atoms with E-state index in [2.05, 4.69) is 0 Å². The monoisotopic (exact) mass is 228 g/mol. The maximum Gasteiger partial charge on any atom is 0.184 e. The lowest BCUT2D eigenvalue weighted by Crippen LogP contribution is -2.25. The Balaban J connectivity index is 2.21. The molecule has 0 saturated carbocycles. The van der Waals surface area contributed by atoms with Gasteiger partial charge in [-0.1, -0.05) is 6.92 Å². The summed E-state index contributed by atoms with van der Waals surface area (Å²) in [6, 6.07) is 2.53. The first-order valence-corrected chi connectivity index (χ1v) is 5.26. The van der Waals surface area contributed by atoms with Crippen LogP contribution in [0.25, 0.3) is 0 Å². The fourth-order valence-corrected chi connectivity index (χ4v) is 1.59. The number of hydrogen-bond acceptors (Lipinski definition) is 2. The maximum absolute atomic E-state index is 13.3. The fourth-order valence-electron chi connectivity index (χ4n) is 1.59. The molecule has 4 heteroatoms. The molecule has 0 aromatic heterocycles. The molecule has 0 bridgehead atoms. The molecular formula is C12H14F2O2. The minimum atomic E-state index is -0.652. The third kappa shape index (κ3) is 2.23. The lowest BCUT2D eigenvalue weighted by molar-refractivity contribution is -0.202. The van der Waals surface area contributed by atoms with Crippen LogP contribution in [0, 0.1) is 24.5 Å². The third-order valence-electron chi connectivity index (χ3n) is 2.64. The van der Waals surface area contributed by atoms with Crippen LogP contribution < -0.4 is 0 Å². The number of halogens is 2. The highest BCUT2D eigenvalue weighted by molar-refractivity contribution is 5.26. The van der Waals surface area contributed by atoms with Gasteiger partial charge in [0.1, 0.15) is 11.6 Å². The van der Waals surface area contributed by atoms with E-state index in [1.54, 1.807) is 0 Å². The Kier molecular flexibility index (Phi) is 3.21. The highest BCUT2D eigenvalue weighted by Gasteiger charge is 2.22. The first kappa shape index (κ1) is 11.5. The van der Waals surface area contributed by atoms with Crippen molar-refractivity contribution in [1.29, 1.82) is 0 Å². The van der Waals surface area contributed by atoms with Gasteiger partial charge in [-0.05, 0) is 19.1 Å². The molecule has 0 atom stereocenters. The predicted molar refractivity (Wildman–Crippen MR) is 54.9 cm³/mol. The molecule has 1 saturated heterocycles. The van der Waals surface area contributed by atoms with E-state index >= 15 is 0 Å². The summed E-state index contributed by atoms with van der Waals surface area (Å²) < 4.78 is 37.4. The minimum Gasteiger partial charge on any atom is -0.348 e. The van der Waals surface area contributed by atoms with Gasteiger partial charge < -0.3 is 9.47 Å². The second-order valence-electron chi connectivity index (χ2n) is 4.21. The van der Waals surface area contributed by atoms with Gasteiger partial charge in [-0.25, -0.2) is 8.78 Å². The SMILES string of the molecule is Cc1c(F)cc(C2OCC(C)CO2)cc1F. The van der Waals surface area contributed by atoms with Gasteiger partial charge in [0.05, 0.1) is 13.2 Å². The molecular weight excluding hydrogens is 214 g/mol. The summed E-state index contributed by atoms with van der Waals surface area (Å²) in [7, 11) is 0. The molecule has 16 heavy (non-hydrogen) atoms. The smallest absolute Gasteiger partial charge is 0.184 e. The minimum absolute atomic E-state index is 0.0212. The lowest BCUT2D eigenvalue weighted by Gasteiger charge is -2.27. The van der Waals surface area contributed by atoms with E-state index < -0.39 is 17.9 Å². The van der Waals surface area contributed by atoms with Gasteiger partial charge >= 0.3 is 0 Å². The van der Waals surface area contributed by atoms with Crippen LogP contribution in [0.4, 0.5) is 8.78 Å². The highest BCUT2D eigenvalue weighted by atomic mass is 19.1. The Morgan fingerprint density at radius 3 is 2.12 bits per heavy atom.